The average molecular weight is 370 g/mol. The van der Waals surface area contributed by atoms with Crippen LogP contribution in [0.4, 0.5) is 5.69 Å². The molecule has 110 valence electrons. The highest BCUT2D eigenvalue weighted by molar-refractivity contribution is 9.10. The van der Waals surface area contributed by atoms with Crippen LogP contribution in [0.3, 0.4) is 0 Å². The highest BCUT2D eigenvalue weighted by atomic mass is 79.9. The van der Waals surface area contributed by atoms with Crippen LogP contribution in [0.25, 0.3) is 0 Å². The number of hydrogen-bond donors (Lipinski definition) is 2. The number of nitrogens with one attached hydrogen (secondary N) is 1. The SMILES string of the molecule is COc1ccc(C(N)=O)cc1NCc1ccc(Cl)cc1Br. The molecule has 6 heteroatoms. The molecule has 0 aromatic heterocycles. The van der Waals surface area contributed by atoms with E-state index in [0.29, 0.717) is 28.6 Å². The fraction of sp³-hybridized carbons (Fsp3) is 0.133. The zero-order valence-electron chi connectivity index (χ0n) is 11.3. The van der Waals surface area contributed by atoms with Gasteiger partial charge in [0, 0.05) is 21.6 Å². The molecule has 0 heterocycles. The number of methoxy groups -OCH3 is 1. The van der Waals surface area contributed by atoms with Crippen molar-refractivity contribution in [1.82, 2.24) is 0 Å². The predicted molar refractivity (Wildman–Crippen MR) is 88.0 cm³/mol. The number of ether oxygens (including phenoxy) is 1. The second kappa shape index (κ2) is 6.83. The molecule has 0 spiro atoms. The third-order valence-electron chi connectivity index (χ3n) is 2.97. The maximum absolute atomic E-state index is 11.3. The van der Waals surface area contributed by atoms with Crippen molar-refractivity contribution in [2.75, 3.05) is 12.4 Å². The minimum absolute atomic E-state index is 0.425. The van der Waals surface area contributed by atoms with Gasteiger partial charge in [-0.15, -0.1) is 0 Å². The Morgan fingerprint density at radius 1 is 1.33 bits per heavy atom. The number of nitrogens with two attached hydrogens (primary N) is 1. The largest absolute Gasteiger partial charge is 0.495 e. The highest BCUT2D eigenvalue weighted by Gasteiger charge is 2.08. The number of carbonyl (C=O) groups is 1. The summed E-state index contributed by atoms with van der Waals surface area (Å²) in [6.45, 7) is 0.552. The van der Waals surface area contributed by atoms with Gasteiger partial charge in [-0.3, -0.25) is 4.79 Å². The van der Waals surface area contributed by atoms with Crippen LogP contribution in [-0.4, -0.2) is 13.0 Å². The summed E-state index contributed by atoms with van der Waals surface area (Å²) in [6, 6.07) is 10.6. The van der Waals surface area contributed by atoms with E-state index in [1.54, 1.807) is 25.3 Å². The Morgan fingerprint density at radius 2 is 2.10 bits per heavy atom. The summed E-state index contributed by atoms with van der Waals surface area (Å²) >= 11 is 9.38. The molecule has 0 aliphatic heterocycles. The lowest BCUT2D eigenvalue weighted by Gasteiger charge is -2.13. The van der Waals surface area contributed by atoms with Crippen molar-refractivity contribution in [2.45, 2.75) is 6.54 Å². The second-order valence-corrected chi connectivity index (χ2v) is 5.66. The third-order valence-corrected chi connectivity index (χ3v) is 3.94. The fourth-order valence-corrected chi connectivity index (χ4v) is 2.68. The summed E-state index contributed by atoms with van der Waals surface area (Å²) in [7, 11) is 1.57. The maximum atomic E-state index is 11.3. The van der Waals surface area contributed by atoms with Gasteiger partial charge in [0.25, 0.3) is 0 Å². The molecule has 0 unspecified atom stereocenters. The van der Waals surface area contributed by atoms with Crippen molar-refractivity contribution in [3.05, 3.63) is 57.0 Å². The van der Waals surface area contributed by atoms with Crippen molar-refractivity contribution in [3.63, 3.8) is 0 Å². The molecule has 0 saturated carbocycles. The number of hydrogen-bond acceptors (Lipinski definition) is 3. The van der Waals surface area contributed by atoms with Crippen LogP contribution in [0.1, 0.15) is 15.9 Å². The first kappa shape index (κ1) is 15.7. The number of primary amides is 1. The van der Waals surface area contributed by atoms with E-state index in [2.05, 4.69) is 21.2 Å². The Labute approximate surface area is 136 Å². The quantitative estimate of drug-likeness (QED) is 0.842. The summed E-state index contributed by atoms with van der Waals surface area (Å²) in [6.07, 6.45) is 0. The van der Waals surface area contributed by atoms with Crippen molar-refractivity contribution in [2.24, 2.45) is 5.73 Å². The van der Waals surface area contributed by atoms with E-state index in [1.807, 2.05) is 18.2 Å². The Kier molecular flexibility index (Phi) is 5.09. The van der Waals surface area contributed by atoms with Gasteiger partial charge in [-0.25, -0.2) is 0 Å². The average Bonchev–Trinajstić information content (AvgIpc) is 2.46. The molecule has 0 atom stereocenters. The molecule has 4 nitrogen and oxygen atoms in total. The van der Waals surface area contributed by atoms with Gasteiger partial charge in [-0.1, -0.05) is 33.6 Å². The minimum atomic E-state index is -0.478. The first-order chi connectivity index (χ1) is 10.0. The van der Waals surface area contributed by atoms with Crippen LogP contribution in [0.2, 0.25) is 5.02 Å². The second-order valence-electron chi connectivity index (χ2n) is 4.37. The lowest BCUT2D eigenvalue weighted by atomic mass is 10.1. The molecule has 21 heavy (non-hydrogen) atoms. The lowest BCUT2D eigenvalue weighted by molar-refractivity contribution is 0.100. The van der Waals surface area contributed by atoms with Crippen molar-refractivity contribution >= 4 is 39.1 Å². The summed E-state index contributed by atoms with van der Waals surface area (Å²) in [5.41, 5.74) is 7.45. The number of carbonyl (C=O) groups excluding carboxylic acids is 1. The number of anilines is 1. The Balaban J connectivity index is 2.22. The standard InChI is InChI=1S/C15H14BrClN2O2/c1-21-14-5-3-9(15(18)20)6-13(14)19-8-10-2-4-11(17)7-12(10)16/h2-7,19H,8H2,1H3,(H2,18,20). The zero-order valence-corrected chi connectivity index (χ0v) is 13.7. The van der Waals surface area contributed by atoms with Gasteiger partial charge in [0.2, 0.25) is 5.91 Å². The minimum Gasteiger partial charge on any atom is -0.495 e. The molecular weight excluding hydrogens is 356 g/mol. The Hall–Kier alpha value is -1.72. The van der Waals surface area contributed by atoms with Crippen LogP contribution in [0.5, 0.6) is 5.75 Å². The Bertz CT molecular complexity index is 677. The number of amides is 1. The monoisotopic (exact) mass is 368 g/mol. The van der Waals surface area contributed by atoms with Crippen LogP contribution >= 0.6 is 27.5 Å². The fourth-order valence-electron chi connectivity index (χ4n) is 1.85. The number of halogens is 2. The van der Waals surface area contributed by atoms with Crippen LogP contribution in [-0.2, 0) is 6.54 Å². The van der Waals surface area contributed by atoms with Crippen LogP contribution in [0.15, 0.2) is 40.9 Å². The topological polar surface area (TPSA) is 64.3 Å². The van der Waals surface area contributed by atoms with E-state index in [1.165, 1.54) is 0 Å². The highest BCUT2D eigenvalue weighted by Crippen LogP contribution is 2.27. The van der Waals surface area contributed by atoms with E-state index < -0.39 is 5.91 Å². The lowest BCUT2D eigenvalue weighted by Crippen LogP contribution is -2.12. The summed E-state index contributed by atoms with van der Waals surface area (Å²) in [4.78, 5) is 11.3. The van der Waals surface area contributed by atoms with E-state index >= 15 is 0 Å². The van der Waals surface area contributed by atoms with Gasteiger partial charge in [0.05, 0.1) is 12.8 Å². The molecule has 0 bridgehead atoms. The molecule has 2 aromatic rings. The zero-order chi connectivity index (χ0) is 15.4. The van der Waals surface area contributed by atoms with E-state index in [9.17, 15) is 4.79 Å². The van der Waals surface area contributed by atoms with E-state index in [4.69, 9.17) is 22.1 Å². The molecule has 0 aliphatic rings. The molecule has 2 aromatic carbocycles. The summed E-state index contributed by atoms with van der Waals surface area (Å²) < 4.78 is 6.18. The first-order valence-corrected chi connectivity index (χ1v) is 7.34. The van der Waals surface area contributed by atoms with Gasteiger partial charge in [-0.2, -0.15) is 0 Å². The predicted octanol–water partition coefficient (Wildman–Crippen LogP) is 3.82. The molecule has 1 amide bonds. The molecule has 0 fully saturated rings. The molecule has 0 aliphatic carbocycles. The summed E-state index contributed by atoms with van der Waals surface area (Å²) in [5, 5.41) is 3.90. The van der Waals surface area contributed by atoms with E-state index in [0.717, 1.165) is 10.0 Å². The van der Waals surface area contributed by atoms with Gasteiger partial charge in [0.1, 0.15) is 5.75 Å². The van der Waals surface area contributed by atoms with Crippen molar-refractivity contribution in [3.8, 4) is 5.75 Å². The smallest absolute Gasteiger partial charge is 0.248 e. The number of rotatable bonds is 5. The Morgan fingerprint density at radius 3 is 2.71 bits per heavy atom. The third kappa shape index (κ3) is 3.89. The van der Waals surface area contributed by atoms with E-state index in [-0.39, 0.29) is 0 Å². The normalized spacial score (nSPS) is 10.2. The van der Waals surface area contributed by atoms with Gasteiger partial charge in [0.15, 0.2) is 0 Å². The maximum Gasteiger partial charge on any atom is 0.248 e. The molecule has 0 radical (unpaired) electrons. The van der Waals surface area contributed by atoms with Gasteiger partial charge >= 0.3 is 0 Å². The molecule has 0 saturated heterocycles. The van der Waals surface area contributed by atoms with Crippen LogP contribution in [0, 0.1) is 0 Å². The summed E-state index contributed by atoms with van der Waals surface area (Å²) in [5.74, 6) is 0.165. The van der Waals surface area contributed by atoms with Gasteiger partial charge < -0.3 is 15.8 Å². The first-order valence-electron chi connectivity index (χ1n) is 6.17. The van der Waals surface area contributed by atoms with Crippen molar-refractivity contribution in [1.29, 1.82) is 0 Å². The van der Waals surface area contributed by atoms with Crippen LogP contribution < -0.4 is 15.8 Å². The molecule has 2 rings (SSSR count). The van der Waals surface area contributed by atoms with Gasteiger partial charge in [-0.05, 0) is 35.9 Å². The van der Waals surface area contributed by atoms with Crippen molar-refractivity contribution < 1.29 is 9.53 Å². The molecule has 3 N–H and O–H groups in total. The molecular formula is C15H14BrClN2O2. The number of benzene rings is 2.